The highest BCUT2D eigenvalue weighted by atomic mass is 35.5. The normalized spacial score (nSPS) is 12.8. The molecule has 0 radical (unpaired) electrons. The van der Waals surface area contributed by atoms with E-state index in [0.29, 0.717) is 10.9 Å². The maximum Gasteiger partial charge on any atom is 0.134 e. The van der Waals surface area contributed by atoms with Crippen LogP contribution in [0.15, 0.2) is 18.2 Å². The van der Waals surface area contributed by atoms with Crippen LogP contribution in [-0.2, 0) is 0 Å². The highest BCUT2D eigenvalue weighted by Gasteiger charge is 2.09. The molecule has 0 bridgehead atoms. The fourth-order valence-electron chi connectivity index (χ4n) is 1.73. The van der Waals surface area contributed by atoms with Gasteiger partial charge in [0.25, 0.3) is 0 Å². The Kier molecular flexibility index (Phi) is 4.27. The van der Waals surface area contributed by atoms with Crippen molar-refractivity contribution in [3.05, 3.63) is 28.8 Å². The summed E-state index contributed by atoms with van der Waals surface area (Å²) in [5.74, 6) is 0.736. The Bertz CT molecular complexity index is 296. The molecule has 1 unspecified atom stereocenters. The molecule has 0 aliphatic heterocycles. The van der Waals surface area contributed by atoms with Crippen LogP contribution in [0.1, 0.15) is 44.6 Å². The molecule has 1 nitrogen and oxygen atoms in total. The first kappa shape index (κ1) is 11.4. The van der Waals surface area contributed by atoms with E-state index in [1.165, 1.54) is 18.4 Å². The van der Waals surface area contributed by atoms with Crippen molar-refractivity contribution in [1.82, 2.24) is 0 Å². The third-order valence-corrected chi connectivity index (χ3v) is 2.88. The third kappa shape index (κ3) is 2.65. The van der Waals surface area contributed by atoms with Crippen molar-refractivity contribution in [2.75, 3.05) is 0 Å². The van der Waals surface area contributed by atoms with E-state index in [2.05, 4.69) is 13.8 Å². The maximum atomic E-state index is 9.30. The highest BCUT2D eigenvalue weighted by Crippen LogP contribution is 2.30. The molecule has 0 fully saturated rings. The van der Waals surface area contributed by atoms with Crippen molar-refractivity contribution in [3.63, 3.8) is 0 Å². The first-order chi connectivity index (χ1) is 6.69. The number of aromatic hydroxyl groups is 1. The van der Waals surface area contributed by atoms with E-state index >= 15 is 0 Å². The van der Waals surface area contributed by atoms with Crippen LogP contribution in [0.3, 0.4) is 0 Å². The Morgan fingerprint density at radius 1 is 1.36 bits per heavy atom. The minimum Gasteiger partial charge on any atom is -0.506 e. The molecule has 1 aromatic rings. The number of halogens is 1. The van der Waals surface area contributed by atoms with E-state index < -0.39 is 0 Å². The lowest BCUT2D eigenvalue weighted by Gasteiger charge is -2.14. The minimum absolute atomic E-state index is 0.168. The largest absolute Gasteiger partial charge is 0.506 e. The molecule has 1 aromatic carbocycles. The van der Waals surface area contributed by atoms with E-state index in [9.17, 15) is 5.11 Å². The third-order valence-electron chi connectivity index (χ3n) is 2.57. The maximum absolute atomic E-state index is 9.30. The average Bonchev–Trinajstić information content (AvgIpc) is 2.19. The molecule has 1 rings (SSSR count). The van der Waals surface area contributed by atoms with Gasteiger partial charge in [-0.05, 0) is 36.5 Å². The Morgan fingerprint density at radius 2 is 2.07 bits per heavy atom. The van der Waals surface area contributed by atoms with Gasteiger partial charge in [0.2, 0.25) is 0 Å². The van der Waals surface area contributed by atoms with Gasteiger partial charge in [-0.2, -0.15) is 0 Å². The zero-order valence-corrected chi connectivity index (χ0v) is 9.51. The number of phenolic OH excluding ortho intramolecular Hbond substituents is 1. The van der Waals surface area contributed by atoms with Crippen LogP contribution in [-0.4, -0.2) is 5.11 Å². The number of hydrogen-bond donors (Lipinski definition) is 1. The Hall–Kier alpha value is -0.690. The summed E-state index contributed by atoms with van der Waals surface area (Å²) in [6.45, 7) is 4.37. The molecular weight excluding hydrogens is 196 g/mol. The average molecular weight is 213 g/mol. The Morgan fingerprint density at radius 3 is 2.57 bits per heavy atom. The second kappa shape index (κ2) is 5.26. The predicted molar refractivity (Wildman–Crippen MR) is 61.1 cm³/mol. The molecule has 0 aliphatic rings. The fraction of sp³-hybridized carbons (Fsp3) is 0.500. The summed E-state index contributed by atoms with van der Waals surface area (Å²) in [6, 6.07) is 5.52. The standard InChI is InChI=1S/C12H17ClO/c1-3-5-9(4-2)10-6-7-12(14)11(13)8-10/h6-9,14H,3-5H2,1-2H3. The first-order valence-electron chi connectivity index (χ1n) is 5.17. The lowest BCUT2D eigenvalue weighted by molar-refractivity contribution is 0.474. The lowest BCUT2D eigenvalue weighted by Crippen LogP contribution is -1.96. The van der Waals surface area contributed by atoms with Gasteiger partial charge in [0, 0.05) is 0 Å². The van der Waals surface area contributed by atoms with Gasteiger partial charge in [-0.15, -0.1) is 0 Å². The number of phenols is 1. The molecule has 0 aliphatic carbocycles. The summed E-state index contributed by atoms with van der Waals surface area (Å²) >= 11 is 5.87. The van der Waals surface area contributed by atoms with E-state index in [1.807, 2.05) is 12.1 Å². The van der Waals surface area contributed by atoms with Crippen LogP contribution in [0.5, 0.6) is 5.75 Å². The molecule has 0 aromatic heterocycles. The van der Waals surface area contributed by atoms with E-state index in [0.717, 1.165) is 6.42 Å². The summed E-state index contributed by atoms with van der Waals surface area (Å²) in [5.41, 5.74) is 1.23. The summed E-state index contributed by atoms with van der Waals surface area (Å²) in [5, 5.41) is 9.75. The Balaban J connectivity index is 2.88. The van der Waals surface area contributed by atoms with Gasteiger partial charge >= 0.3 is 0 Å². The molecule has 14 heavy (non-hydrogen) atoms. The number of rotatable bonds is 4. The second-order valence-corrected chi connectivity index (χ2v) is 4.01. The zero-order chi connectivity index (χ0) is 10.6. The number of hydrogen-bond acceptors (Lipinski definition) is 1. The van der Waals surface area contributed by atoms with Crippen molar-refractivity contribution >= 4 is 11.6 Å². The van der Waals surface area contributed by atoms with E-state index in [-0.39, 0.29) is 5.75 Å². The molecule has 1 atom stereocenters. The van der Waals surface area contributed by atoms with Crippen LogP contribution in [0.4, 0.5) is 0 Å². The van der Waals surface area contributed by atoms with Gasteiger partial charge in [0.1, 0.15) is 5.75 Å². The topological polar surface area (TPSA) is 20.2 Å². The lowest BCUT2D eigenvalue weighted by atomic mass is 9.92. The molecule has 0 amide bonds. The number of benzene rings is 1. The predicted octanol–water partition coefficient (Wildman–Crippen LogP) is 4.34. The van der Waals surface area contributed by atoms with Crippen LogP contribution in [0.2, 0.25) is 5.02 Å². The summed E-state index contributed by atoms with van der Waals surface area (Å²) in [7, 11) is 0. The van der Waals surface area contributed by atoms with Gasteiger partial charge in [0.15, 0.2) is 0 Å². The molecule has 0 heterocycles. The van der Waals surface area contributed by atoms with Gasteiger partial charge < -0.3 is 5.11 Å². The summed E-state index contributed by atoms with van der Waals surface area (Å²) < 4.78 is 0. The fourth-order valence-corrected chi connectivity index (χ4v) is 1.92. The zero-order valence-electron chi connectivity index (χ0n) is 8.76. The molecule has 0 saturated carbocycles. The molecule has 1 N–H and O–H groups in total. The molecule has 2 heteroatoms. The SMILES string of the molecule is CCCC(CC)c1ccc(O)c(Cl)c1. The highest BCUT2D eigenvalue weighted by molar-refractivity contribution is 6.32. The van der Waals surface area contributed by atoms with Crippen LogP contribution >= 0.6 is 11.6 Å². The van der Waals surface area contributed by atoms with Crippen molar-refractivity contribution in [1.29, 1.82) is 0 Å². The monoisotopic (exact) mass is 212 g/mol. The van der Waals surface area contributed by atoms with Crippen molar-refractivity contribution < 1.29 is 5.11 Å². The van der Waals surface area contributed by atoms with Crippen LogP contribution in [0, 0.1) is 0 Å². The van der Waals surface area contributed by atoms with Crippen LogP contribution in [0.25, 0.3) is 0 Å². The summed E-state index contributed by atoms with van der Waals surface area (Å²) in [4.78, 5) is 0. The quantitative estimate of drug-likeness (QED) is 0.787. The van der Waals surface area contributed by atoms with E-state index in [1.54, 1.807) is 6.07 Å². The van der Waals surface area contributed by atoms with Gasteiger partial charge in [-0.3, -0.25) is 0 Å². The van der Waals surface area contributed by atoms with Crippen molar-refractivity contribution in [2.45, 2.75) is 39.0 Å². The van der Waals surface area contributed by atoms with Crippen molar-refractivity contribution in [3.8, 4) is 5.75 Å². The van der Waals surface area contributed by atoms with Gasteiger partial charge in [-0.25, -0.2) is 0 Å². The van der Waals surface area contributed by atoms with E-state index in [4.69, 9.17) is 11.6 Å². The minimum atomic E-state index is 0.168. The molecule has 0 spiro atoms. The van der Waals surface area contributed by atoms with Crippen LogP contribution < -0.4 is 0 Å². The molecule has 0 saturated heterocycles. The smallest absolute Gasteiger partial charge is 0.134 e. The first-order valence-corrected chi connectivity index (χ1v) is 5.55. The summed E-state index contributed by atoms with van der Waals surface area (Å²) in [6.07, 6.45) is 3.48. The van der Waals surface area contributed by atoms with Crippen molar-refractivity contribution in [2.24, 2.45) is 0 Å². The molecule has 78 valence electrons. The van der Waals surface area contributed by atoms with Gasteiger partial charge in [-0.1, -0.05) is 37.9 Å². The second-order valence-electron chi connectivity index (χ2n) is 3.60. The molecular formula is C12H17ClO. The van der Waals surface area contributed by atoms with Gasteiger partial charge in [0.05, 0.1) is 5.02 Å². The Labute approximate surface area is 90.7 Å².